The van der Waals surface area contributed by atoms with Crippen LogP contribution in [0, 0.1) is 13.8 Å². The van der Waals surface area contributed by atoms with E-state index >= 15 is 0 Å². The van der Waals surface area contributed by atoms with E-state index in [-0.39, 0.29) is 22.1 Å². The smallest absolute Gasteiger partial charge is 0.263 e. The lowest BCUT2D eigenvalue weighted by Crippen LogP contribution is -2.30. The molecule has 1 aliphatic heterocycles. The van der Waals surface area contributed by atoms with Gasteiger partial charge in [0.1, 0.15) is 5.75 Å². The third-order valence-electron chi connectivity index (χ3n) is 4.91. The molecule has 8 heteroatoms. The number of nitrogens with zero attached hydrogens (tertiary/aromatic N) is 2. The molecule has 1 N–H and O–H groups in total. The number of carbonyl (C=O) groups is 1. The lowest BCUT2D eigenvalue weighted by Gasteiger charge is -2.18. The Balaban J connectivity index is 1.75. The topological polar surface area (TPSA) is 88.6 Å². The Labute approximate surface area is 175 Å². The number of aromatic nitrogens is 1. The van der Waals surface area contributed by atoms with E-state index in [4.69, 9.17) is 4.74 Å². The summed E-state index contributed by atoms with van der Waals surface area (Å²) in [5, 5.41) is 0. The number of anilines is 2. The van der Waals surface area contributed by atoms with Gasteiger partial charge in [0.2, 0.25) is 0 Å². The van der Waals surface area contributed by atoms with Gasteiger partial charge in [-0.3, -0.25) is 14.4 Å². The van der Waals surface area contributed by atoms with Crippen LogP contribution in [0.15, 0.2) is 59.6 Å². The fraction of sp³-hybridized carbons (Fsp3) is 0.182. The zero-order chi connectivity index (χ0) is 21.5. The van der Waals surface area contributed by atoms with Crippen LogP contribution in [0.2, 0.25) is 0 Å². The number of rotatable bonds is 4. The van der Waals surface area contributed by atoms with Gasteiger partial charge in [0.25, 0.3) is 15.9 Å². The van der Waals surface area contributed by atoms with Crippen LogP contribution in [0.5, 0.6) is 11.5 Å². The summed E-state index contributed by atoms with van der Waals surface area (Å²) in [7, 11) is -3.90. The molecule has 1 aliphatic rings. The monoisotopic (exact) mass is 423 g/mol. The number of amides is 1. The number of ether oxygens (including phenoxy) is 1. The molecule has 0 bridgehead atoms. The zero-order valence-electron chi connectivity index (χ0n) is 16.8. The van der Waals surface area contributed by atoms with Crippen LogP contribution in [0.25, 0.3) is 0 Å². The molecule has 0 aliphatic carbocycles. The Morgan fingerprint density at radius 1 is 1.07 bits per heavy atom. The van der Waals surface area contributed by atoms with Crippen LogP contribution in [-0.4, -0.2) is 25.9 Å². The largest absolute Gasteiger partial charge is 0.453 e. The van der Waals surface area contributed by atoms with Crippen molar-refractivity contribution < 1.29 is 17.9 Å². The lowest BCUT2D eigenvalue weighted by atomic mass is 10.1. The van der Waals surface area contributed by atoms with Crippen molar-refractivity contribution in [2.45, 2.75) is 25.7 Å². The number of sulfonamides is 1. The van der Waals surface area contributed by atoms with Crippen LogP contribution >= 0.6 is 0 Å². The van der Waals surface area contributed by atoms with E-state index in [9.17, 15) is 13.2 Å². The summed E-state index contributed by atoms with van der Waals surface area (Å²) in [5.74, 6) is 0.763. The fourth-order valence-corrected chi connectivity index (χ4v) is 4.54. The molecule has 7 nitrogen and oxygen atoms in total. The molecule has 2 aromatic carbocycles. The molecule has 1 amide bonds. The second-order valence-electron chi connectivity index (χ2n) is 7.06. The summed E-state index contributed by atoms with van der Waals surface area (Å²) >= 11 is 0. The summed E-state index contributed by atoms with van der Waals surface area (Å²) in [4.78, 5) is 18.9. The second kappa shape index (κ2) is 7.46. The molecule has 4 rings (SSSR count). The van der Waals surface area contributed by atoms with E-state index < -0.39 is 10.0 Å². The molecule has 0 unspecified atom stereocenters. The van der Waals surface area contributed by atoms with Crippen LogP contribution in [0.3, 0.4) is 0 Å². The van der Waals surface area contributed by atoms with Crippen molar-refractivity contribution in [3.8, 4) is 11.5 Å². The van der Waals surface area contributed by atoms with Crippen molar-refractivity contribution in [2.75, 3.05) is 16.2 Å². The Bertz CT molecular complexity index is 1250. The number of fused-ring (bicyclic) bond motifs is 2. The van der Waals surface area contributed by atoms with Gasteiger partial charge in [0.15, 0.2) is 11.6 Å². The van der Waals surface area contributed by atoms with Crippen LogP contribution in [-0.2, 0) is 10.0 Å². The maximum absolute atomic E-state index is 13.2. The van der Waals surface area contributed by atoms with Gasteiger partial charge >= 0.3 is 0 Å². The molecule has 0 spiro atoms. The van der Waals surface area contributed by atoms with E-state index in [1.54, 1.807) is 24.4 Å². The Kier molecular flexibility index (Phi) is 4.95. The van der Waals surface area contributed by atoms with Gasteiger partial charge < -0.3 is 4.74 Å². The van der Waals surface area contributed by atoms with Crippen molar-refractivity contribution in [1.82, 2.24) is 4.98 Å². The number of carbonyl (C=O) groups excluding carboxylic acids is 1. The fourth-order valence-electron chi connectivity index (χ4n) is 3.38. The number of nitrogens with one attached hydrogen (secondary N) is 1. The van der Waals surface area contributed by atoms with Crippen molar-refractivity contribution in [2.24, 2.45) is 0 Å². The molecule has 0 saturated carbocycles. The Hall–Kier alpha value is -3.39. The molecular formula is C22H21N3O4S. The standard InChI is InChI=1S/C22H21N3O4S/c1-4-25-21-20(6-5-11-23-21)29-19-10-8-16(13-17(19)22(25)26)30(27,28)24-18-9-7-14(2)12-15(18)3/h5-13,24H,4H2,1-3H3. The predicted octanol–water partition coefficient (Wildman–Crippen LogP) is 4.27. The second-order valence-corrected chi connectivity index (χ2v) is 8.74. The molecule has 0 fully saturated rings. The number of hydrogen-bond donors (Lipinski definition) is 1. The summed E-state index contributed by atoms with van der Waals surface area (Å²) in [6, 6.07) is 13.2. The first-order valence-corrected chi connectivity index (χ1v) is 11.0. The summed E-state index contributed by atoms with van der Waals surface area (Å²) in [6.45, 7) is 5.96. The average Bonchev–Trinajstić information content (AvgIpc) is 2.83. The van der Waals surface area contributed by atoms with E-state index in [2.05, 4.69) is 9.71 Å². The first-order chi connectivity index (χ1) is 14.3. The van der Waals surface area contributed by atoms with Gasteiger partial charge in [-0.1, -0.05) is 17.7 Å². The van der Waals surface area contributed by atoms with Gasteiger partial charge in [-0.25, -0.2) is 13.4 Å². The minimum absolute atomic E-state index is 0.0202. The van der Waals surface area contributed by atoms with Gasteiger partial charge in [-0.15, -0.1) is 0 Å². The van der Waals surface area contributed by atoms with E-state index in [0.717, 1.165) is 11.1 Å². The van der Waals surface area contributed by atoms with E-state index in [0.29, 0.717) is 23.8 Å². The highest BCUT2D eigenvalue weighted by atomic mass is 32.2. The first-order valence-electron chi connectivity index (χ1n) is 9.49. The summed E-state index contributed by atoms with van der Waals surface area (Å²) in [6.07, 6.45) is 1.58. The molecule has 2 heterocycles. The molecule has 3 aromatic rings. The van der Waals surface area contributed by atoms with Crippen molar-refractivity contribution in [1.29, 1.82) is 0 Å². The number of aryl methyl sites for hydroxylation is 2. The molecule has 0 atom stereocenters. The minimum Gasteiger partial charge on any atom is -0.453 e. The van der Waals surface area contributed by atoms with Gasteiger partial charge in [0, 0.05) is 12.7 Å². The van der Waals surface area contributed by atoms with E-state index in [1.165, 1.54) is 23.1 Å². The van der Waals surface area contributed by atoms with Crippen LogP contribution < -0.4 is 14.4 Å². The number of pyridine rings is 1. The van der Waals surface area contributed by atoms with Crippen LogP contribution in [0.1, 0.15) is 28.4 Å². The maximum atomic E-state index is 13.2. The summed E-state index contributed by atoms with van der Waals surface area (Å²) in [5.41, 5.74) is 2.51. The molecule has 0 saturated heterocycles. The third-order valence-corrected chi connectivity index (χ3v) is 6.27. The molecule has 30 heavy (non-hydrogen) atoms. The molecule has 0 radical (unpaired) electrons. The SMILES string of the molecule is CCN1C(=O)c2cc(S(=O)(=O)Nc3ccc(C)cc3C)ccc2Oc2cccnc21. The van der Waals surface area contributed by atoms with Crippen molar-refractivity contribution >= 4 is 27.4 Å². The normalized spacial score (nSPS) is 13.2. The van der Waals surface area contributed by atoms with Crippen molar-refractivity contribution in [3.63, 3.8) is 0 Å². The third kappa shape index (κ3) is 3.50. The predicted molar refractivity (Wildman–Crippen MR) is 115 cm³/mol. The Morgan fingerprint density at radius 2 is 1.87 bits per heavy atom. The lowest BCUT2D eigenvalue weighted by molar-refractivity contribution is 0.0987. The molecule has 154 valence electrons. The highest BCUT2D eigenvalue weighted by molar-refractivity contribution is 7.92. The van der Waals surface area contributed by atoms with E-state index in [1.807, 2.05) is 32.9 Å². The zero-order valence-corrected chi connectivity index (χ0v) is 17.7. The van der Waals surface area contributed by atoms with Gasteiger partial charge in [0.05, 0.1) is 16.1 Å². The first kappa shape index (κ1) is 19.9. The maximum Gasteiger partial charge on any atom is 0.263 e. The number of benzene rings is 2. The minimum atomic E-state index is -3.90. The summed E-state index contributed by atoms with van der Waals surface area (Å²) < 4.78 is 34.5. The highest BCUT2D eigenvalue weighted by Crippen LogP contribution is 2.38. The number of hydrogen-bond acceptors (Lipinski definition) is 5. The van der Waals surface area contributed by atoms with Gasteiger partial charge in [-0.2, -0.15) is 0 Å². The van der Waals surface area contributed by atoms with Crippen molar-refractivity contribution in [3.05, 3.63) is 71.4 Å². The molecule has 1 aromatic heterocycles. The highest BCUT2D eigenvalue weighted by Gasteiger charge is 2.30. The van der Waals surface area contributed by atoms with Gasteiger partial charge in [-0.05, 0) is 62.7 Å². The molecular weight excluding hydrogens is 402 g/mol. The quantitative estimate of drug-likeness (QED) is 0.677. The Morgan fingerprint density at radius 3 is 2.60 bits per heavy atom. The average molecular weight is 423 g/mol. The van der Waals surface area contributed by atoms with Crippen LogP contribution in [0.4, 0.5) is 11.5 Å².